The molecule has 0 fully saturated rings. The van der Waals surface area contributed by atoms with Gasteiger partial charge in [-0.2, -0.15) is 0 Å². The second-order valence-electron chi connectivity index (χ2n) is 2.02. The fourth-order valence-corrected chi connectivity index (χ4v) is 0.741. The van der Waals surface area contributed by atoms with E-state index in [1.54, 1.807) is 18.3 Å². The molecule has 0 bridgehead atoms. The monoisotopic (exact) mass is 161 g/mol. The van der Waals surface area contributed by atoms with Crippen molar-refractivity contribution in [3.8, 4) is 11.8 Å². The number of aliphatic hydroxyl groups excluding tert-OH is 1. The zero-order chi connectivity index (χ0) is 8.81. The molecule has 0 radical (unpaired) electrons. The van der Waals surface area contributed by atoms with Gasteiger partial charge in [0.2, 0.25) is 0 Å². The van der Waals surface area contributed by atoms with Crippen molar-refractivity contribution in [2.24, 2.45) is 0 Å². The maximum absolute atomic E-state index is 10.4. The van der Waals surface area contributed by atoms with Crippen molar-refractivity contribution in [1.82, 2.24) is 4.98 Å². The van der Waals surface area contributed by atoms with Crippen LogP contribution in [0.1, 0.15) is 16.1 Å². The Morgan fingerprint density at radius 3 is 3.17 bits per heavy atom. The molecule has 1 aromatic heterocycles. The first-order chi connectivity index (χ1) is 5.88. The average molecular weight is 161 g/mol. The molecule has 1 N–H and O–H groups in total. The van der Waals surface area contributed by atoms with Crippen molar-refractivity contribution in [1.29, 1.82) is 0 Å². The predicted molar refractivity (Wildman–Crippen MR) is 43.6 cm³/mol. The van der Waals surface area contributed by atoms with Gasteiger partial charge in [0.1, 0.15) is 12.3 Å². The van der Waals surface area contributed by atoms with E-state index in [2.05, 4.69) is 16.8 Å². The van der Waals surface area contributed by atoms with Crippen molar-refractivity contribution in [3.05, 3.63) is 29.6 Å². The van der Waals surface area contributed by atoms with Gasteiger partial charge in [-0.3, -0.25) is 4.79 Å². The van der Waals surface area contributed by atoms with Crippen molar-refractivity contribution < 1.29 is 9.90 Å². The van der Waals surface area contributed by atoms with Crippen molar-refractivity contribution in [2.45, 2.75) is 0 Å². The molecule has 0 amide bonds. The van der Waals surface area contributed by atoms with Crippen LogP contribution in [0.3, 0.4) is 0 Å². The minimum absolute atomic E-state index is 0.227. The number of aliphatic hydroxyl groups is 1. The average Bonchev–Trinajstić information content (AvgIpc) is 2.15. The molecule has 0 spiro atoms. The molecule has 0 atom stereocenters. The van der Waals surface area contributed by atoms with Crippen molar-refractivity contribution in [2.75, 3.05) is 6.61 Å². The smallest absolute Gasteiger partial charge is 0.152 e. The third kappa shape index (κ3) is 1.91. The SMILES string of the molecule is O=Cc1cccnc1C#CCO. The summed E-state index contributed by atoms with van der Waals surface area (Å²) < 4.78 is 0. The highest BCUT2D eigenvalue weighted by Crippen LogP contribution is 1.98. The molecule has 0 unspecified atom stereocenters. The van der Waals surface area contributed by atoms with E-state index in [0.29, 0.717) is 17.5 Å². The Labute approximate surface area is 70.1 Å². The third-order valence-corrected chi connectivity index (χ3v) is 1.25. The maximum Gasteiger partial charge on any atom is 0.152 e. The van der Waals surface area contributed by atoms with E-state index >= 15 is 0 Å². The number of hydrogen-bond acceptors (Lipinski definition) is 3. The summed E-state index contributed by atoms with van der Waals surface area (Å²) in [7, 11) is 0. The number of hydrogen-bond donors (Lipinski definition) is 1. The fraction of sp³-hybridized carbons (Fsp3) is 0.111. The first-order valence-electron chi connectivity index (χ1n) is 3.38. The van der Waals surface area contributed by atoms with Gasteiger partial charge in [0, 0.05) is 11.8 Å². The number of carbonyl (C=O) groups is 1. The first kappa shape index (κ1) is 8.44. The molecule has 0 aliphatic carbocycles. The molecule has 0 aliphatic heterocycles. The molecule has 0 saturated carbocycles. The van der Waals surface area contributed by atoms with E-state index in [9.17, 15) is 4.79 Å². The molecular weight excluding hydrogens is 154 g/mol. The Bertz CT molecular complexity index is 336. The quantitative estimate of drug-likeness (QED) is 0.474. The largest absolute Gasteiger partial charge is 0.384 e. The summed E-state index contributed by atoms with van der Waals surface area (Å²) >= 11 is 0. The number of rotatable bonds is 1. The van der Waals surface area contributed by atoms with Crippen LogP contribution in [-0.2, 0) is 0 Å². The maximum atomic E-state index is 10.4. The molecule has 1 aromatic rings. The predicted octanol–water partition coefficient (Wildman–Crippen LogP) is 0.238. The van der Waals surface area contributed by atoms with Gasteiger partial charge in [0.25, 0.3) is 0 Å². The lowest BCUT2D eigenvalue weighted by molar-refractivity contribution is 0.112. The minimum Gasteiger partial charge on any atom is -0.384 e. The van der Waals surface area contributed by atoms with E-state index < -0.39 is 0 Å². The van der Waals surface area contributed by atoms with Gasteiger partial charge < -0.3 is 5.11 Å². The molecule has 0 saturated heterocycles. The van der Waals surface area contributed by atoms with Gasteiger partial charge in [-0.05, 0) is 18.1 Å². The second kappa shape index (κ2) is 4.27. The number of nitrogens with zero attached hydrogens (tertiary/aromatic N) is 1. The zero-order valence-electron chi connectivity index (χ0n) is 6.32. The number of aldehydes is 1. The summed E-state index contributed by atoms with van der Waals surface area (Å²) in [5.74, 6) is 4.99. The van der Waals surface area contributed by atoms with Crippen LogP contribution in [0, 0.1) is 11.8 Å². The van der Waals surface area contributed by atoms with Crippen LogP contribution < -0.4 is 0 Å². The van der Waals surface area contributed by atoms with Crippen LogP contribution >= 0.6 is 0 Å². The molecule has 1 heterocycles. The Balaban J connectivity index is 3.05. The van der Waals surface area contributed by atoms with Gasteiger partial charge >= 0.3 is 0 Å². The normalized spacial score (nSPS) is 8.42. The molecule has 3 heteroatoms. The Kier molecular flexibility index (Phi) is 3.00. The van der Waals surface area contributed by atoms with Gasteiger partial charge in [0.15, 0.2) is 6.29 Å². The highest BCUT2D eigenvalue weighted by molar-refractivity contribution is 5.78. The van der Waals surface area contributed by atoms with Crippen LogP contribution in [0.15, 0.2) is 18.3 Å². The van der Waals surface area contributed by atoms with Crippen molar-refractivity contribution in [3.63, 3.8) is 0 Å². The van der Waals surface area contributed by atoms with Gasteiger partial charge in [-0.25, -0.2) is 4.98 Å². The van der Waals surface area contributed by atoms with Crippen LogP contribution in [-0.4, -0.2) is 23.0 Å². The summed E-state index contributed by atoms with van der Waals surface area (Å²) in [4.78, 5) is 14.3. The van der Waals surface area contributed by atoms with E-state index in [0.717, 1.165) is 0 Å². The standard InChI is InChI=1S/C9H7NO2/c11-6-2-4-9-8(7-12)3-1-5-10-9/h1,3,5,7,11H,6H2. The van der Waals surface area contributed by atoms with E-state index in [1.165, 1.54) is 0 Å². The number of aromatic nitrogens is 1. The van der Waals surface area contributed by atoms with Crippen LogP contribution in [0.2, 0.25) is 0 Å². The topological polar surface area (TPSA) is 50.2 Å². The third-order valence-electron chi connectivity index (χ3n) is 1.25. The summed E-state index contributed by atoms with van der Waals surface area (Å²) in [6.07, 6.45) is 2.24. The lowest BCUT2D eigenvalue weighted by atomic mass is 10.2. The van der Waals surface area contributed by atoms with Crippen LogP contribution in [0.5, 0.6) is 0 Å². The molecule has 0 aliphatic rings. The summed E-state index contributed by atoms with van der Waals surface area (Å²) in [6.45, 7) is -0.227. The first-order valence-corrected chi connectivity index (χ1v) is 3.38. The molecule has 0 aromatic carbocycles. The Morgan fingerprint density at radius 1 is 1.67 bits per heavy atom. The lowest BCUT2D eigenvalue weighted by Crippen LogP contribution is -1.90. The zero-order valence-corrected chi connectivity index (χ0v) is 6.32. The van der Waals surface area contributed by atoms with E-state index in [1.807, 2.05) is 0 Å². The van der Waals surface area contributed by atoms with Gasteiger partial charge in [-0.15, -0.1) is 0 Å². The molecular formula is C9H7NO2. The highest BCUT2D eigenvalue weighted by atomic mass is 16.2. The second-order valence-corrected chi connectivity index (χ2v) is 2.02. The van der Waals surface area contributed by atoms with Gasteiger partial charge in [-0.1, -0.05) is 5.92 Å². The number of pyridine rings is 1. The van der Waals surface area contributed by atoms with Crippen LogP contribution in [0.4, 0.5) is 0 Å². The molecule has 1 rings (SSSR count). The molecule has 60 valence electrons. The summed E-state index contributed by atoms with van der Waals surface area (Å²) in [5.41, 5.74) is 0.847. The Morgan fingerprint density at radius 2 is 2.50 bits per heavy atom. The molecule has 3 nitrogen and oxygen atoms in total. The summed E-state index contributed by atoms with van der Waals surface area (Å²) in [6, 6.07) is 3.29. The molecule has 12 heavy (non-hydrogen) atoms. The van der Waals surface area contributed by atoms with E-state index in [4.69, 9.17) is 5.11 Å². The van der Waals surface area contributed by atoms with Crippen molar-refractivity contribution >= 4 is 6.29 Å². The number of carbonyl (C=O) groups excluding carboxylic acids is 1. The fourth-order valence-electron chi connectivity index (χ4n) is 0.741. The summed E-state index contributed by atoms with van der Waals surface area (Å²) in [5, 5.41) is 8.40. The van der Waals surface area contributed by atoms with E-state index in [-0.39, 0.29) is 6.61 Å². The Hall–Kier alpha value is -1.66. The highest BCUT2D eigenvalue weighted by Gasteiger charge is 1.96. The lowest BCUT2D eigenvalue weighted by Gasteiger charge is -1.91. The minimum atomic E-state index is -0.227. The van der Waals surface area contributed by atoms with Gasteiger partial charge in [0.05, 0.1) is 0 Å². The van der Waals surface area contributed by atoms with Crippen LogP contribution in [0.25, 0.3) is 0 Å².